The number of nitrogens with zero attached hydrogens (tertiary/aromatic N) is 2. The number of likely N-dealkylation sites (tertiary alicyclic amines) is 1. The quantitative estimate of drug-likeness (QED) is 0.849. The summed E-state index contributed by atoms with van der Waals surface area (Å²) in [6.07, 6.45) is 3.19. The summed E-state index contributed by atoms with van der Waals surface area (Å²) < 4.78 is 0. The van der Waals surface area contributed by atoms with Crippen molar-refractivity contribution in [1.29, 1.82) is 0 Å². The van der Waals surface area contributed by atoms with Gasteiger partial charge in [0.1, 0.15) is 0 Å². The fourth-order valence-electron chi connectivity index (χ4n) is 3.31. The van der Waals surface area contributed by atoms with Gasteiger partial charge in [0.2, 0.25) is 5.91 Å². The number of likely N-dealkylation sites (N-methyl/N-ethyl adjacent to an activating group) is 1. The van der Waals surface area contributed by atoms with E-state index in [1.165, 1.54) is 0 Å². The molecule has 2 saturated heterocycles. The summed E-state index contributed by atoms with van der Waals surface area (Å²) in [4.78, 5) is 17.0. The standard InChI is InChI=1S/C14H27N3O.ClH/c1-3-16(4-2)13-7-10-17(11-13)14(18)12-5-8-15-9-6-12;/h12-13,15H,3-11H2,1-2H3;1H. The Kier molecular flexibility index (Phi) is 7.11. The van der Waals surface area contributed by atoms with Gasteiger partial charge in [0, 0.05) is 25.0 Å². The third kappa shape index (κ3) is 4.07. The van der Waals surface area contributed by atoms with Crippen LogP contribution in [0, 0.1) is 5.92 Å². The molecule has 1 N–H and O–H groups in total. The van der Waals surface area contributed by atoms with E-state index in [-0.39, 0.29) is 18.3 Å². The molecule has 2 fully saturated rings. The van der Waals surface area contributed by atoms with Crippen LogP contribution in [0.4, 0.5) is 0 Å². The van der Waals surface area contributed by atoms with Crippen LogP contribution >= 0.6 is 12.4 Å². The molecule has 2 aliphatic rings. The number of halogens is 1. The number of nitrogens with one attached hydrogen (secondary N) is 1. The summed E-state index contributed by atoms with van der Waals surface area (Å²) in [6, 6.07) is 0.589. The van der Waals surface area contributed by atoms with E-state index in [1.54, 1.807) is 0 Å². The Labute approximate surface area is 123 Å². The van der Waals surface area contributed by atoms with Crippen LogP contribution in [0.2, 0.25) is 0 Å². The maximum absolute atomic E-state index is 12.4. The Morgan fingerprint density at radius 2 is 1.84 bits per heavy atom. The minimum absolute atomic E-state index is 0. The monoisotopic (exact) mass is 289 g/mol. The second-order valence-corrected chi connectivity index (χ2v) is 5.47. The summed E-state index contributed by atoms with van der Waals surface area (Å²) in [5.41, 5.74) is 0. The zero-order valence-electron chi connectivity index (χ0n) is 12.2. The number of carbonyl (C=O) groups excluding carboxylic acids is 1. The number of hydrogen-bond acceptors (Lipinski definition) is 3. The van der Waals surface area contributed by atoms with Crippen molar-refractivity contribution in [3.05, 3.63) is 0 Å². The van der Waals surface area contributed by atoms with Gasteiger partial charge in [-0.05, 0) is 45.4 Å². The van der Waals surface area contributed by atoms with Crippen LogP contribution in [0.15, 0.2) is 0 Å². The van der Waals surface area contributed by atoms with Crippen LogP contribution in [0.25, 0.3) is 0 Å². The van der Waals surface area contributed by atoms with Crippen molar-refractivity contribution in [1.82, 2.24) is 15.1 Å². The smallest absolute Gasteiger partial charge is 0.225 e. The van der Waals surface area contributed by atoms with E-state index in [4.69, 9.17) is 0 Å². The van der Waals surface area contributed by atoms with E-state index in [1.807, 2.05) is 0 Å². The maximum Gasteiger partial charge on any atom is 0.225 e. The summed E-state index contributed by atoms with van der Waals surface area (Å²) >= 11 is 0. The molecule has 1 unspecified atom stereocenters. The van der Waals surface area contributed by atoms with E-state index >= 15 is 0 Å². The molecule has 2 heterocycles. The predicted octanol–water partition coefficient (Wildman–Crippen LogP) is 1.35. The molecule has 2 aliphatic heterocycles. The number of rotatable bonds is 4. The van der Waals surface area contributed by atoms with Crippen molar-refractivity contribution in [2.24, 2.45) is 5.92 Å². The summed E-state index contributed by atoms with van der Waals surface area (Å²) in [5.74, 6) is 0.688. The third-order valence-corrected chi connectivity index (χ3v) is 4.49. The van der Waals surface area contributed by atoms with Crippen molar-refractivity contribution in [3.63, 3.8) is 0 Å². The lowest BCUT2D eigenvalue weighted by molar-refractivity contribution is -0.135. The molecule has 5 heteroatoms. The molecule has 0 radical (unpaired) electrons. The average molecular weight is 290 g/mol. The molecule has 0 aromatic heterocycles. The van der Waals surface area contributed by atoms with E-state index in [9.17, 15) is 4.79 Å². The Hall–Kier alpha value is -0.320. The van der Waals surface area contributed by atoms with Gasteiger partial charge < -0.3 is 10.2 Å². The van der Waals surface area contributed by atoms with E-state index in [0.29, 0.717) is 11.9 Å². The molecule has 0 saturated carbocycles. The van der Waals surface area contributed by atoms with Gasteiger partial charge in [-0.3, -0.25) is 9.69 Å². The van der Waals surface area contributed by atoms with Crippen LogP contribution in [0.1, 0.15) is 33.1 Å². The van der Waals surface area contributed by atoms with Gasteiger partial charge in [0.25, 0.3) is 0 Å². The van der Waals surface area contributed by atoms with Crippen LogP contribution in [0.5, 0.6) is 0 Å². The molecule has 4 nitrogen and oxygen atoms in total. The van der Waals surface area contributed by atoms with Gasteiger partial charge in [0.15, 0.2) is 0 Å². The summed E-state index contributed by atoms with van der Waals surface area (Å²) in [5, 5.41) is 3.33. The van der Waals surface area contributed by atoms with Crippen molar-refractivity contribution in [3.8, 4) is 0 Å². The predicted molar refractivity (Wildman–Crippen MR) is 80.7 cm³/mol. The first kappa shape index (κ1) is 16.7. The minimum Gasteiger partial charge on any atom is -0.341 e. The number of amides is 1. The highest BCUT2D eigenvalue weighted by molar-refractivity contribution is 5.85. The van der Waals surface area contributed by atoms with Crippen LogP contribution < -0.4 is 5.32 Å². The van der Waals surface area contributed by atoms with Gasteiger partial charge in [-0.2, -0.15) is 0 Å². The molecule has 0 bridgehead atoms. The Morgan fingerprint density at radius 1 is 1.21 bits per heavy atom. The SMILES string of the molecule is CCN(CC)C1CCN(C(=O)C2CCNCC2)C1.Cl. The zero-order valence-corrected chi connectivity index (χ0v) is 13.0. The Balaban J connectivity index is 0.00000180. The summed E-state index contributed by atoms with van der Waals surface area (Å²) in [7, 11) is 0. The first-order valence-electron chi connectivity index (χ1n) is 7.49. The van der Waals surface area contributed by atoms with Gasteiger partial charge in [-0.25, -0.2) is 0 Å². The van der Waals surface area contributed by atoms with Crippen molar-refractivity contribution >= 4 is 18.3 Å². The van der Waals surface area contributed by atoms with Crippen molar-refractivity contribution < 1.29 is 4.79 Å². The molecular formula is C14H28ClN3O. The van der Waals surface area contributed by atoms with Crippen LogP contribution in [-0.2, 0) is 4.79 Å². The molecule has 2 rings (SSSR count). The molecule has 1 atom stereocenters. The van der Waals surface area contributed by atoms with Gasteiger partial charge >= 0.3 is 0 Å². The number of hydrogen-bond donors (Lipinski definition) is 1. The fourth-order valence-corrected chi connectivity index (χ4v) is 3.31. The average Bonchev–Trinajstić information content (AvgIpc) is 2.90. The molecular weight excluding hydrogens is 262 g/mol. The third-order valence-electron chi connectivity index (χ3n) is 4.49. The lowest BCUT2D eigenvalue weighted by Crippen LogP contribution is -2.42. The Bertz CT molecular complexity index is 278. The van der Waals surface area contributed by atoms with E-state index < -0.39 is 0 Å². The van der Waals surface area contributed by atoms with Crippen LogP contribution in [-0.4, -0.2) is 61.0 Å². The molecule has 0 aromatic rings. The second-order valence-electron chi connectivity index (χ2n) is 5.47. The highest BCUT2D eigenvalue weighted by Gasteiger charge is 2.32. The normalized spacial score (nSPS) is 24.6. The first-order valence-corrected chi connectivity index (χ1v) is 7.49. The number of piperidine rings is 1. The van der Waals surface area contributed by atoms with Gasteiger partial charge in [-0.15, -0.1) is 12.4 Å². The first-order chi connectivity index (χ1) is 8.76. The minimum atomic E-state index is 0. The molecule has 0 aliphatic carbocycles. The molecule has 112 valence electrons. The van der Waals surface area contributed by atoms with E-state index in [2.05, 4.69) is 29.0 Å². The lowest BCUT2D eigenvalue weighted by atomic mass is 9.97. The van der Waals surface area contributed by atoms with E-state index in [0.717, 1.165) is 58.5 Å². The topological polar surface area (TPSA) is 35.6 Å². The Morgan fingerprint density at radius 3 is 2.42 bits per heavy atom. The lowest BCUT2D eigenvalue weighted by Gasteiger charge is -2.29. The molecule has 0 spiro atoms. The van der Waals surface area contributed by atoms with Gasteiger partial charge in [-0.1, -0.05) is 13.8 Å². The van der Waals surface area contributed by atoms with Crippen molar-refractivity contribution in [2.45, 2.75) is 39.2 Å². The van der Waals surface area contributed by atoms with Gasteiger partial charge in [0.05, 0.1) is 0 Å². The maximum atomic E-state index is 12.4. The molecule has 0 aromatic carbocycles. The zero-order chi connectivity index (χ0) is 13.0. The highest BCUT2D eigenvalue weighted by atomic mass is 35.5. The van der Waals surface area contributed by atoms with Crippen molar-refractivity contribution in [2.75, 3.05) is 39.3 Å². The molecule has 19 heavy (non-hydrogen) atoms. The largest absolute Gasteiger partial charge is 0.341 e. The second kappa shape index (κ2) is 8.08. The number of carbonyl (C=O) groups is 1. The highest BCUT2D eigenvalue weighted by Crippen LogP contribution is 2.21. The summed E-state index contributed by atoms with van der Waals surface area (Å²) in [6.45, 7) is 10.5. The molecule has 1 amide bonds. The fraction of sp³-hybridized carbons (Fsp3) is 0.929. The van der Waals surface area contributed by atoms with Crippen LogP contribution in [0.3, 0.4) is 0 Å².